The van der Waals surface area contributed by atoms with Crippen LogP contribution in [-0.4, -0.2) is 55.4 Å². The fraction of sp³-hybridized carbons (Fsp3) is 0.261. The summed E-state index contributed by atoms with van der Waals surface area (Å²) in [5, 5.41) is 18.5. The number of aromatic hydroxyl groups is 1. The van der Waals surface area contributed by atoms with Gasteiger partial charge in [-0.25, -0.2) is 13.2 Å². The number of carbonyl (C=O) groups is 2. The van der Waals surface area contributed by atoms with Crippen molar-refractivity contribution in [1.82, 2.24) is 10.6 Å². The number of nitrogens with one attached hydrogen (secondary N) is 2. The number of benzene rings is 2. The molecular weight excluding hydrogens is 542 g/mol. The summed E-state index contributed by atoms with van der Waals surface area (Å²) in [5.74, 6) is -0.417. The Balaban J connectivity index is 1.38. The average Bonchev–Trinajstić information content (AvgIpc) is 3.36. The smallest absolute Gasteiger partial charge is 0.408 e. The van der Waals surface area contributed by atoms with E-state index in [1.54, 1.807) is 30.3 Å². The van der Waals surface area contributed by atoms with Gasteiger partial charge in [0.05, 0.1) is 16.3 Å². The van der Waals surface area contributed by atoms with Crippen molar-refractivity contribution < 1.29 is 32.7 Å². The first-order chi connectivity index (χ1) is 16.7. The molecular formula is C23H22BrN3O7S. The quantitative estimate of drug-likeness (QED) is 0.447. The number of ether oxygens (including phenoxy) is 1. The summed E-state index contributed by atoms with van der Waals surface area (Å²) >= 11 is 3.23. The van der Waals surface area contributed by atoms with Crippen molar-refractivity contribution in [2.75, 3.05) is 13.2 Å². The molecule has 0 spiro atoms. The standard InChI is InChI=1S/C23H22BrN3O7S/c24-21-11-17(34-27-21)12-25-22(29)19(9-14-5-7-16(28)8-6-14)26-23(30)33-13-18-10-15-3-1-2-4-20(15)35(18,31)32/h1-8,10,17,19,28H,9,11-13H2,(H,25,29)(H,26,30)/t17-,19?/m0/s1. The summed E-state index contributed by atoms with van der Waals surface area (Å²) < 4.78 is 31.1. The van der Waals surface area contributed by atoms with Crippen molar-refractivity contribution in [3.05, 3.63) is 64.6 Å². The molecule has 0 saturated carbocycles. The number of hydrogen-bond donors (Lipinski definition) is 3. The SMILES string of the molecule is O=C(NC(Cc1ccc(O)cc1)C(=O)NC[C@@H]1CC(Br)=NO1)OCC1=Cc2ccccc2S1(=O)=O. The molecule has 2 amide bonds. The van der Waals surface area contributed by atoms with Crippen molar-refractivity contribution >= 4 is 48.5 Å². The van der Waals surface area contributed by atoms with Gasteiger partial charge in [0.2, 0.25) is 15.7 Å². The van der Waals surface area contributed by atoms with Crippen molar-refractivity contribution in [1.29, 1.82) is 0 Å². The number of phenols is 1. The molecule has 35 heavy (non-hydrogen) atoms. The maximum absolute atomic E-state index is 12.9. The molecule has 1 unspecified atom stereocenters. The van der Waals surface area contributed by atoms with Gasteiger partial charge in [-0.3, -0.25) is 4.79 Å². The molecule has 0 aromatic heterocycles. The van der Waals surface area contributed by atoms with Crippen LogP contribution in [0, 0.1) is 0 Å². The Kier molecular flexibility index (Phi) is 7.41. The molecule has 0 saturated heterocycles. The van der Waals surface area contributed by atoms with Crippen LogP contribution < -0.4 is 10.6 Å². The van der Waals surface area contributed by atoms with Crippen molar-refractivity contribution in [3.8, 4) is 5.75 Å². The second-order valence-electron chi connectivity index (χ2n) is 7.94. The average molecular weight is 564 g/mol. The number of amides is 2. The van der Waals surface area contributed by atoms with Gasteiger partial charge in [-0.15, -0.1) is 0 Å². The van der Waals surface area contributed by atoms with Crippen LogP contribution in [0.4, 0.5) is 4.79 Å². The zero-order chi connectivity index (χ0) is 25.0. The summed E-state index contributed by atoms with van der Waals surface area (Å²) in [6.07, 6.45) is 0.791. The minimum atomic E-state index is -3.74. The lowest BCUT2D eigenvalue weighted by Crippen LogP contribution is -2.49. The Hall–Kier alpha value is -3.38. The Morgan fingerprint density at radius 2 is 1.94 bits per heavy atom. The van der Waals surface area contributed by atoms with E-state index in [1.807, 2.05) is 0 Å². The van der Waals surface area contributed by atoms with Crippen LogP contribution in [0.1, 0.15) is 17.5 Å². The van der Waals surface area contributed by atoms with Gasteiger partial charge in [0.1, 0.15) is 23.0 Å². The van der Waals surface area contributed by atoms with E-state index in [0.29, 0.717) is 22.2 Å². The van der Waals surface area contributed by atoms with E-state index >= 15 is 0 Å². The Bertz CT molecular complexity index is 1290. The zero-order valence-corrected chi connectivity index (χ0v) is 20.7. The molecule has 12 heteroatoms. The number of fused-ring (bicyclic) bond motifs is 1. The molecule has 2 aliphatic rings. The van der Waals surface area contributed by atoms with E-state index < -0.39 is 34.5 Å². The first-order valence-electron chi connectivity index (χ1n) is 10.6. The van der Waals surface area contributed by atoms with Gasteiger partial charge < -0.3 is 25.3 Å². The number of oxime groups is 1. The van der Waals surface area contributed by atoms with Crippen molar-refractivity contribution in [2.45, 2.75) is 29.9 Å². The minimum Gasteiger partial charge on any atom is -0.508 e. The predicted octanol–water partition coefficient (Wildman–Crippen LogP) is 2.47. The number of alkyl carbamates (subject to hydrolysis) is 1. The third-order valence-corrected chi connectivity index (χ3v) is 7.75. The normalized spacial score (nSPS) is 18.5. The number of sulfone groups is 1. The van der Waals surface area contributed by atoms with Gasteiger partial charge in [-0.05, 0) is 51.3 Å². The molecule has 0 aliphatic carbocycles. The predicted molar refractivity (Wildman–Crippen MR) is 131 cm³/mol. The Labute approximate surface area is 210 Å². The molecule has 2 atom stereocenters. The highest BCUT2D eigenvalue weighted by Gasteiger charge is 2.31. The van der Waals surface area contributed by atoms with E-state index in [2.05, 4.69) is 31.7 Å². The topological polar surface area (TPSA) is 143 Å². The first kappa shape index (κ1) is 24.7. The van der Waals surface area contributed by atoms with Crippen molar-refractivity contribution in [3.63, 3.8) is 0 Å². The molecule has 0 fully saturated rings. The number of hydrogen-bond acceptors (Lipinski definition) is 8. The van der Waals surface area contributed by atoms with Gasteiger partial charge in [0, 0.05) is 12.8 Å². The van der Waals surface area contributed by atoms with E-state index in [1.165, 1.54) is 24.3 Å². The second-order valence-corrected chi connectivity index (χ2v) is 10.8. The molecule has 10 nitrogen and oxygen atoms in total. The van der Waals surface area contributed by atoms with Gasteiger partial charge in [0.15, 0.2) is 6.10 Å². The molecule has 184 valence electrons. The van der Waals surface area contributed by atoms with Crippen LogP contribution in [0.3, 0.4) is 0 Å². The lowest BCUT2D eigenvalue weighted by molar-refractivity contribution is -0.123. The van der Waals surface area contributed by atoms with Crippen LogP contribution in [0.5, 0.6) is 5.75 Å². The molecule has 2 aromatic carbocycles. The first-order valence-corrected chi connectivity index (χ1v) is 12.9. The van der Waals surface area contributed by atoms with Gasteiger partial charge >= 0.3 is 6.09 Å². The highest BCUT2D eigenvalue weighted by molar-refractivity contribution is 9.18. The maximum Gasteiger partial charge on any atom is 0.408 e. The van der Waals surface area contributed by atoms with Crippen LogP contribution >= 0.6 is 15.9 Å². The fourth-order valence-electron chi connectivity index (χ4n) is 3.59. The monoisotopic (exact) mass is 563 g/mol. The van der Waals surface area contributed by atoms with Gasteiger partial charge in [0.25, 0.3) is 0 Å². The molecule has 0 bridgehead atoms. The van der Waals surface area contributed by atoms with Crippen molar-refractivity contribution in [2.24, 2.45) is 5.16 Å². The molecule has 0 radical (unpaired) electrons. The lowest BCUT2D eigenvalue weighted by Gasteiger charge is -2.19. The fourth-order valence-corrected chi connectivity index (χ4v) is 5.51. The van der Waals surface area contributed by atoms with E-state index in [0.717, 1.165) is 0 Å². The van der Waals surface area contributed by atoms with E-state index in [9.17, 15) is 23.1 Å². The largest absolute Gasteiger partial charge is 0.508 e. The summed E-state index contributed by atoms with van der Waals surface area (Å²) in [4.78, 5) is 30.7. The minimum absolute atomic E-state index is 0.0441. The van der Waals surface area contributed by atoms with Gasteiger partial charge in [-0.2, -0.15) is 0 Å². The Morgan fingerprint density at radius 3 is 2.63 bits per heavy atom. The lowest BCUT2D eigenvalue weighted by atomic mass is 10.0. The molecule has 2 aromatic rings. The number of nitrogens with zero attached hydrogens (tertiary/aromatic N) is 1. The number of rotatable bonds is 8. The van der Waals surface area contributed by atoms with E-state index in [4.69, 9.17) is 9.57 Å². The molecule has 2 heterocycles. The highest BCUT2D eigenvalue weighted by Crippen LogP contribution is 2.32. The Morgan fingerprint density at radius 1 is 1.20 bits per heavy atom. The zero-order valence-electron chi connectivity index (χ0n) is 18.3. The number of carbonyl (C=O) groups excluding carboxylic acids is 2. The summed E-state index contributed by atoms with van der Waals surface area (Å²) in [7, 11) is -3.74. The van der Waals surface area contributed by atoms with Crippen LogP contribution in [-0.2, 0) is 30.6 Å². The van der Waals surface area contributed by atoms with Crippen LogP contribution in [0.2, 0.25) is 0 Å². The summed E-state index contributed by atoms with van der Waals surface area (Å²) in [6.45, 7) is -0.304. The molecule has 2 aliphatic heterocycles. The summed E-state index contributed by atoms with van der Waals surface area (Å²) in [6, 6.07) is 11.7. The maximum atomic E-state index is 12.9. The van der Waals surface area contributed by atoms with Gasteiger partial charge in [-0.1, -0.05) is 35.5 Å². The number of phenolic OH excluding ortho intramolecular Hbond substituents is 1. The second kappa shape index (κ2) is 10.5. The number of halogens is 1. The molecule has 4 rings (SSSR count). The highest BCUT2D eigenvalue weighted by atomic mass is 79.9. The van der Waals surface area contributed by atoms with Crippen LogP contribution in [0.15, 0.2) is 63.5 Å². The molecule has 3 N–H and O–H groups in total. The summed E-state index contributed by atoms with van der Waals surface area (Å²) in [5.41, 5.74) is 1.21. The van der Waals surface area contributed by atoms with E-state index in [-0.39, 0.29) is 34.6 Å². The third kappa shape index (κ3) is 6.01. The van der Waals surface area contributed by atoms with Crippen LogP contribution in [0.25, 0.3) is 6.08 Å². The third-order valence-electron chi connectivity index (χ3n) is 5.40.